The first kappa shape index (κ1) is 28.1. The molecule has 3 N–H and O–H groups in total. The second kappa shape index (κ2) is 11.3. The topological polar surface area (TPSA) is 114 Å². The summed E-state index contributed by atoms with van der Waals surface area (Å²) in [5.41, 5.74) is -0.652. The van der Waals surface area contributed by atoms with Gasteiger partial charge in [0.25, 0.3) is 5.91 Å². The van der Waals surface area contributed by atoms with Crippen LogP contribution in [-0.4, -0.2) is 50.1 Å². The number of aliphatic imine (C=N–C) groups is 1. The van der Waals surface area contributed by atoms with Gasteiger partial charge in [-0.05, 0) is 57.5 Å². The Balaban J connectivity index is 2.92. The van der Waals surface area contributed by atoms with Crippen molar-refractivity contribution in [3.63, 3.8) is 0 Å². The molecule has 1 rings (SSSR count). The van der Waals surface area contributed by atoms with Crippen molar-refractivity contribution in [1.29, 1.82) is 0 Å². The Hall–Kier alpha value is -2.90. The molecular formula is C23H36N4O5Si. The van der Waals surface area contributed by atoms with E-state index >= 15 is 0 Å². The smallest absolute Gasteiger partial charge is 0.414 e. The Bertz CT molecular complexity index is 924. The zero-order valence-corrected chi connectivity index (χ0v) is 21.8. The van der Waals surface area contributed by atoms with Gasteiger partial charge < -0.3 is 14.3 Å². The summed E-state index contributed by atoms with van der Waals surface area (Å²) in [5.74, 6) is -1.13. The van der Waals surface area contributed by atoms with Gasteiger partial charge in [0.05, 0.1) is 12.1 Å². The van der Waals surface area contributed by atoms with Crippen LogP contribution in [-0.2, 0) is 9.16 Å². The number of aromatic hydroxyl groups is 1. The van der Waals surface area contributed by atoms with Crippen molar-refractivity contribution < 1.29 is 23.9 Å². The van der Waals surface area contributed by atoms with Crippen molar-refractivity contribution in [2.24, 2.45) is 4.99 Å². The van der Waals surface area contributed by atoms with E-state index < -0.39 is 25.9 Å². The average molecular weight is 477 g/mol. The van der Waals surface area contributed by atoms with E-state index in [9.17, 15) is 14.7 Å². The van der Waals surface area contributed by atoms with Gasteiger partial charge in [-0.2, -0.15) is 0 Å². The number of alkyl carbamates (subject to hydrolysis) is 1. The molecule has 0 heterocycles. The number of phenols is 1. The third-order valence-electron chi connectivity index (χ3n) is 5.05. The lowest BCUT2D eigenvalue weighted by atomic mass is 10.1. The molecule has 0 fully saturated rings. The lowest BCUT2D eigenvalue weighted by Gasteiger charge is -2.36. The summed E-state index contributed by atoms with van der Waals surface area (Å²) in [5, 5.41) is 15.0. The lowest BCUT2D eigenvalue weighted by molar-refractivity contribution is 0.0561. The molecule has 0 unspecified atom stereocenters. The number of hydrogen-bond acceptors (Lipinski definition) is 6. The fourth-order valence-corrected chi connectivity index (χ4v) is 3.35. The molecule has 182 valence electrons. The zero-order chi connectivity index (χ0) is 25.4. The summed E-state index contributed by atoms with van der Waals surface area (Å²) in [7, 11) is -1.88. The fraction of sp³-hybridized carbons (Fsp3) is 0.565. The molecule has 0 spiro atoms. The van der Waals surface area contributed by atoms with Crippen molar-refractivity contribution in [2.75, 3.05) is 13.2 Å². The summed E-state index contributed by atoms with van der Waals surface area (Å²) >= 11 is 0. The summed E-state index contributed by atoms with van der Waals surface area (Å²) in [6.07, 6.45) is -0.196. The zero-order valence-electron chi connectivity index (χ0n) is 20.8. The van der Waals surface area contributed by atoms with Crippen molar-refractivity contribution >= 4 is 32.0 Å². The van der Waals surface area contributed by atoms with E-state index in [4.69, 9.17) is 15.7 Å². The maximum Gasteiger partial charge on any atom is 0.414 e. The molecule has 0 aromatic heterocycles. The van der Waals surface area contributed by atoms with Crippen LogP contribution in [0.25, 0.3) is 4.85 Å². The minimum absolute atomic E-state index is 0.0928. The number of amides is 2. The molecule has 0 radical (unpaired) electrons. The highest BCUT2D eigenvalue weighted by atomic mass is 28.4. The van der Waals surface area contributed by atoms with E-state index in [2.05, 4.69) is 54.3 Å². The van der Waals surface area contributed by atoms with Crippen LogP contribution in [0, 0.1) is 6.57 Å². The third kappa shape index (κ3) is 9.63. The predicted molar refractivity (Wildman–Crippen MR) is 131 cm³/mol. The van der Waals surface area contributed by atoms with Crippen LogP contribution in [0.5, 0.6) is 5.75 Å². The summed E-state index contributed by atoms with van der Waals surface area (Å²) in [6, 6.07) is 3.92. The Morgan fingerprint density at radius 2 is 1.79 bits per heavy atom. The summed E-state index contributed by atoms with van der Waals surface area (Å²) in [6.45, 7) is 23.8. The van der Waals surface area contributed by atoms with E-state index in [1.54, 1.807) is 20.8 Å². The molecule has 0 saturated heterocycles. The van der Waals surface area contributed by atoms with Crippen LogP contribution in [0.15, 0.2) is 23.2 Å². The third-order valence-corrected chi connectivity index (χ3v) is 9.58. The van der Waals surface area contributed by atoms with Gasteiger partial charge in [0, 0.05) is 13.2 Å². The molecule has 2 amide bonds. The first-order valence-electron chi connectivity index (χ1n) is 10.8. The number of hydrogen-bond donors (Lipinski definition) is 3. The molecule has 10 heteroatoms. The molecular weight excluding hydrogens is 440 g/mol. The molecule has 0 saturated carbocycles. The number of rotatable bonds is 6. The highest BCUT2D eigenvalue weighted by Crippen LogP contribution is 2.36. The first-order valence-corrected chi connectivity index (χ1v) is 13.7. The van der Waals surface area contributed by atoms with Crippen LogP contribution in [0.3, 0.4) is 0 Å². The van der Waals surface area contributed by atoms with Crippen LogP contribution in [0.4, 0.5) is 10.5 Å². The summed E-state index contributed by atoms with van der Waals surface area (Å²) in [4.78, 5) is 32.4. The van der Waals surface area contributed by atoms with Gasteiger partial charge in [0.15, 0.2) is 14.0 Å². The first-order chi connectivity index (χ1) is 15.1. The molecule has 1 aromatic rings. The molecule has 0 aliphatic rings. The number of ether oxygens (including phenoxy) is 1. The van der Waals surface area contributed by atoms with Gasteiger partial charge in [0.1, 0.15) is 11.4 Å². The Morgan fingerprint density at radius 1 is 1.15 bits per heavy atom. The quantitative estimate of drug-likeness (QED) is 0.176. The summed E-state index contributed by atoms with van der Waals surface area (Å²) < 4.78 is 11.4. The van der Waals surface area contributed by atoms with E-state index in [1.165, 1.54) is 18.2 Å². The molecule has 0 aliphatic carbocycles. The molecule has 0 bridgehead atoms. The average Bonchev–Trinajstić information content (AvgIpc) is 2.65. The number of nitrogens with zero attached hydrogens (tertiary/aromatic N) is 2. The van der Waals surface area contributed by atoms with E-state index in [-0.39, 0.29) is 34.5 Å². The van der Waals surface area contributed by atoms with Crippen molar-refractivity contribution in [2.45, 2.75) is 71.7 Å². The second-order valence-corrected chi connectivity index (χ2v) is 14.9. The molecule has 33 heavy (non-hydrogen) atoms. The molecule has 9 nitrogen and oxygen atoms in total. The number of carbonyl (C=O) groups is 2. The van der Waals surface area contributed by atoms with Gasteiger partial charge in [-0.3, -0.25) is 20.4 Å². The number of nitrogens with one attached hydrogen (secondary N) is 2. The van der Waals surface area contributed by atoms with Gasteiger partial charge in [-0.25, -0.2) is 9.64 Å². The van der Waals surface area contributed by atoms with Gasteiger partial charge in [-0.15, -0.1) is 0 Å². The highest BCUT2D eigenvalue weighted by Gasteiger charge is 2.36. The van der Waals surface area contributed by atoms with E-state index in [0.717, 1.165) is 0 Å². The fourth-order valence-electron chi connectivity index (χ4n) is 2.26. The number of benzene rings is 1. The number of guanidine groups is 1. The highest BCUT2D eigenvalue weighted by molar-refractivity contribution is 6.74. The van der Waals surface area contributed by atoms with Crippen LogP contribution < -0.4 is 10.6 Å². The molecule has 0 atom stereocenters. The lowest BCUT2D eigenvalue weighted by Crippen LogP contribution is -2.46. The maximum atomic E-state index is 12.7. The van der Waals surface area contributed by atoms with Crippen molar-refractivity contribution in [3.05, 3.63) is 35.2 Å². The Labute approximate surface area is 197 Å². The SMILES string of the molecule is [C-]#[N+]c1ccc(O)c(C(=O)NC(=NCCCO[Si](C)(C)C(C)(C)C)NC(=O)OC(C)(C)C)c1. The minimum Gasteiger partial charge on any atom is -0.507 e. The van der Waals surface area contributed by atoms with Crippen molar-refractivity contribution in [1.82, 2.24) is 10.6 Å². The molecule has 0 aliphatic heterocycles. The van der Waals surface area contributed by atoms with Crippen molar-refractivity contribution in [3.8, 4) is 5.75 Å². The van der Waals surface area contributed by atoms with E-state index in [1.807, 2.05) is 0 Å². The Morgan fingerprint density at radius 3 is 2.33 bits per heavy atom. The number of carbonyl (C=O) groups excluding carboxylic acids is 2. The normalized spacial score (nSPS) is 12.6. The molecule has 1 aromatic carbocycles. The van der Waals surface area contributed by atoms with E-state index in [0.29, 0.717) is 13.0 Å². The largest absolute Gasteiger partial charge is 0.507 e. The maximum absolute atomic E-state index is 12.7. The Kier molecular flexibility index (Phi) is 9.63. The van der Waals surface area contributed by atoms with Crippen LogP contribution >= 0.6 is 0 Å². The van der Waals surface area contributed by atoms with Crippen LogP contribution in [0.1, 0.15) is 58.3 Å². The monoisotopic (exact) mass is 476 g/mol. The van der Waals surface area contributed by atoms with Gasteiger partial charge >= 0.3 is 6.09 Å². The van der Waals surface area contributed by atoms with Gasteiger partial charge in [0.2, 0.25) is 5.96 Å². The predicted octanol–water partition coefficient (Wildman–Crippen LogP) is 4.97. The number of phenolic OH excluding ortho intramolecular Hbond substituents is 1. The minimum atomic E-state index is -1.88. The second-order valence-electron chi connectivity index (χ2n) is 10.1. The standard InChI is InChI=1S/C23H36N4O5Si/c1-22(2,3)32-21(30)27-20(25-13-10-14-31-33(8,9)23(4,5)6)26-19(29)17-15-16(24-7)11-12-18(17)28/h11-12,15,28H,10,13-14H2,1-6,8-9H3,(H2,25,26,27,29,30). The van der Waals surface area contributed by atoms with Crippen LogP contribution in [0.2, 0.25) is 18.1 Å². The van der Waals surface area contributed by atoms with Gasteiger partial charge in [-0.1, -0.05) is 26.8 Å².